The zero-order chi connectivity index (χ0) is 62.2. The fourth-order valence-corrected chi connectivity index (χ4v) is 11.3. The van der Waals surface area contributed by atoms with Gasteiger partial charge in [0.1, 0.15) is 19.3 Å². The van der Waals surface area contributed by atoms with Crippen LogP contribution in [0.3, 0.4) is 0 Å². The Bertz CT molecular complexity index is 1650. The third kappa shape index (κ3) is 59.0. The Kier molecular flexibility index (Phi) is 56.2. The number of carbonyl (C=O) groups is 4. The maximum atomic E-state index is 13.0. The van der Waals surface area contributed by atoms with E-state index in [1.807, 2.05) is 0 Å². The minimum Gasteiger partial charge on any atom is -0.462 e. The molecule has 0 aromatic rings. The molecule has 0 aliphatic heterocycles. The summed E-state index contributed by atoms with van der Waals surface area (Å²) in [7, 11) is -9.89. The number of hydrogen-bond donors (Lipinski definition) is 3. The SMILES string of the molecule is CCCCCCCCCCCCC(=O)OC[C@H](COP(=O)(O)OC[C@@H](O)COP(=O)(O)OC[C@@H](COC(=O)CCCCCCCCC(C)C)OC(=O)CCCCCCCCCCCC)OC(=O)CCCCCCCCCCCCCCC(C)C. The highest BCUT2D eigenvalue weighted by molar-refractivity contribution is 7.47. The lowest BCUT2D eigenvalue weighted by atomic mass is 10.0. The van der Waals surface area contributed by atoms with Crippen LogP contribution in [-0.2, 0) is 65.4 Å². The van der Waals surface area contributed by atoms with Crippen LogP contribution in [-0.4, -0.2) is 96.7 Å². The van der Waals surface area contributed by atoms with Crippen LogP contribution < -0.4 is 0 Å². The van der Waals surface area contributed by atoms with Crippen LogP contribution in [0.15, 0.2) is 0 Å². The smallest absolute Gasteiger partial charge is 0.462 e. The number of unbranched alkanes of at least 4 members (excludes halogenated alkanes) is 34. The molecule has 498 valence electrons. The molecule has 0 radical (unpaired) electrons. The van der Waals surface area contributed by atoms with Crippen molar-refractivity contribution in [1.29, 1.82) is 0 Å². The summed E-state index contributed by atoms with van der Waals surface area (Å²) < 4.78 is 68.0. The molecule has 0 amide bonds. The summed E-state index contributed by atoms with van der Waals surface area (Å²) in [4.78, 5) is 72.2. The lowest BCUT2D eigenvalue weighted by Crippen LogP contribution is -2.30. The molecule has 0 saturated carbocycles. The molecule has 0 aromatic heterocycles. The van der Waals surface area contributed by atoms with E-state index in [0.29, 0.717) is 31.6 Å². The van der Waals surface area contributed by atoms with Crippen LogP contribution >= 0.6 is 15.6 Å². The number of hydrogen-bond acceptors (Lipinski definition) is 15. The zero-order valence-corrected chi connectivity index (χ0v) is 56.0. The summed E-state index contributed by atoms with van der Waals surface area (Å²) in [5, 5.41) is 10.5. The van der Waals surface area contributed by atoms with Crippen molar-refractivity contribution >= 4 is 39.5 Å². The molecule has 0 aliphatic carbocycles. The number of carbonyl (C=O) groups excluding carboxylic acids is 4. The number of aliphatic hydroxyl groups excluding tert-OH is 1. The van der Waals surface area contributed by atoms with E-state index >= 15 is 0 Å². The van der Waals surface area contributed by atoms with Gasteiger partial charge in [-0.25, -0.2) is 9.13 Å². The Balaban J connectivity index is 5.22. The summed E-state index contributed by atoms with van der Waals surface area (Å²) in [6.07, 6.45) is 40.4. The van der Waals surface area contributed by atoms with Crippen molar-refractivity contribution < 1.29 is 80.2 Å². The Morgan fingerprint density at radius 2 is 0.548 bits per heavy atom. The Morgan fingerprint density at radius 1 is 0.321 bits per heavy atom. The van der Waals surface area contributed by atoms with Crippen molar-refractivity contribution in [3.8, 4) is 0 Å². The molecular formula is C65H126O17P2. The van der Waals surface area contributed by atoms with Gasteiger partial charge in [-0.2, -0.15) is 0 Å². The van der Waals surface area contributed by atoms with Crippen LogP contribution in [0, 0.1) is 11.8 Å². The van der Waals surface area contributed by atoms with E-state index in [4.69, 9.17) is 37.0 Å². The topological polar surface area (TPSA) is 237 Å². The molecule has 19 heteroatoms. The highest BCUT2D eigenvalue weighted by Crippen LogP contribution is 2.45. The maximum absolute atomic E-state index is 13.0. The van der Waals surface area contributed by atoms with Crippen molar-refractivity contribution in [3.05, 3.63) is 0 Å². The Morgan fingerprint density at radius 3 is 0.810 bits per heavy atom. The van der Waals surface area contributed by atoms with Crippen LogP contribution in [0.25, 0.3) is 0 Å². The van der Waals surface area contributed by atoms with E-state index < -0.39 is 97.5 Å². The van der Waals surface area contributed by atoms with E-state index in [-0.39, 0.29) is 25.7 Å². The molecule has 0 fully saturated rings. The first kappa shape index (κ1) is 82.1. The summed E-state index contributed by atoms with van der Waals surface area (Å²) in [6.45, 7) is 9.42. The molecule has 0 spiro atoms. The van der Waals surface area contributed by atoms with Gasteiger partial charge in [-0.3, -0.25) is 37.3 Å². The summed E-state index contributed by atoms with van der Waals surface area (Å²) in [6, 6.07) is 0. The lowest BCUT2D eigenvalue weighted by molar-refractivity contribution is -0.161. The number of phosphoric ester groups is 2. The molecule has 0 heterocycles. The molecule has 0 rings (SSSR count). The van der Waals surface area contributed by atoms with Crippen molar-refractivity contribution in [2.24, 2.45) is 11.8 Å². The second-order valence-corrected chi connectivity index (χ2v) is 27.4. The lowest BCUT2D eigenvalue weighted by Gasteiger charge is -2.21. The number of ether oxygens (including phenoxy) is 4. The quantitative estimate of drug-likeness (QED) is 0.0222. The predicted molar refractivity (Wildman–Crippen MR) is 335 cm³/mol. The van der Waals surface area contributed by atoms with Gasteiger partial charge in [0.2, 0.25) is 0 Å². The van der Waals surface area contributed by atoms with Crippen LogP contribution in [0.4, 0.5) is 0 Å². The van der Waals surface area contributed by atoms with Gasteiger partial charge in [-0.15, -0.1) is 0 Å². The van der Waals surface area contributed by atoms with Gasteiger partial charge in [0.05, 0.1) is 26.4 Å². The summed E-state index contributed by atoms with van der Waals surface area (Å²) in [5.74, 6) is -0.677. The molecule has 0 bridgehead atoms. The third-order valence-electron chi connectivity index (χ3n) is 15.0. The van der Waals surface area contributed by atoms with Gasteiger partial charge in [0.25, 0.3) is 0 Å². The molecular weight excluding hydrogens is 1110 g/mol. The van der Waals surface area contributed by atoms with Crippen molar-refractivity contribution in [1.82, 2.24) is 0 Å². The average Bonchev–Trinajstić information content (AvgIpc) is 3.59. The van der Waals surface area contributed by atoms with Crippen molar-refractivity contribution in [2.45, 2.75) is 342 Å². The van der Waals surface area contributed by atoms with E-state index in [9.17, 15) is 43.2 Å². The third-order valence-corrected chi connectivity index (χ3v) is 16.9. The highest BCUT2D eigenvalue weighted by Gasteiger charge is 2.30. The first-order valence-corrected chi connectivity index (χ1v) is 37.0. The first-order chi connectivity index (χ1) is 40.4. The van der Waals surface area contributed by atoms with Crippen LogP contribution in [0.5, 0.6) is 0 Å². The molecule has 5 atom stereocenters. The van der Waals surface area contributed by atoms with E-state index in [1.54, 1.807) is 0 Å². The standard InChI is InChI=1S/C65H126O17P2/c1-7-9-11-13-15-17-24-28-35-41-47-62(67)75-53-60(81-65(70)50-44-38-30-26-22-20-19-21-23-27-33-39-45-57(3)4)55-79-83(71,72)77-51-59(66)52-78-84(73,74)80-56-61(54-76-63(68)48-42-36-32-31-34-40-46-58(5)6)82-64(69)49-43-37-29-25-18-16-14-12-10-8-2/h57-61,66H,7-56H2,1-6H3,(H,71,72)(H,73,74)/t59-,60-,61-/m1/s1. The zero-order valence-electron chi connectivity index (χ0n) is 54.2. The Hall–Kier alpha value is -1.94. The van der Waals surface area contributed by atoms with Crippen molar-refractivity contribution in [3.63, 3.8) is 0 Å². The minimum absolute atomic E-state index is 0.105. The van der Waals surface area contributed by atoms with Gasteiger partial charge in [0, 0.05) is 25.7 Å². The van der Waals surface area contributed by atoms with Crippen LogP contribution in [0.2, 0.25) is 0 Å². The first-order valence-electron chi connectivity index (χ1n) is 34.0. The summed E-state index contributed by atoms with van der Waals surface area (Å²) >= 11 is 0. The Labute approximate surface area is 511 Å². The average molecular weight is 1240 g/mol. The minimum atomic E-state index is -4.94. The van der Waals surface area contributed by atoms with Crippen LogP contribution in [0.1, 0.15) is 324 Å². The van der Waals surface area contributed by atoms with E-state index in [2.05, 4.69) is 41.5 Å². The number of phosphoric acid groups is 2. The highest BCUT2D eigenvalue weighted by atomic mass is 31.2. The monoisotopic (exact) mass is 1240 g/mol. The van der Waals surface area contributed by atoms with Gasteiger partial charge in [-0.05, 0) is 37.5 Å². The number of esters is 4. The normalized spacial score (nSPS) is 14.3. The molecule has 84 heavy (non-hydrogen) atoms. The van der Waals surface area contributed by atoms with Gasteiger partial charge >= 0.3 is 39.5 Å². The molecule has 0 saturated heterocycles. The number of rotatable bonds is 64. The summed E-state index contributed by atoms with van der Waals surface area (Å²) in [5.41, 5.74) is 0. The molecule has 0 aromatic carbocycles. The molecule has 3 N–H and O–H groups in total. The second-order valence-electron chi connectivity index (χ2n) is 24.5. The largest absolute Gasteiger partial charge is 0.472 e. The fourth-order valence-electron chi connectivity index (χ4n) is 9.71. The van der Waals surface area contributed by atoms with Gasteiger partial charge in [-0.1, -0.05) is 273 Å². The number of aliphatic hydroxyl groups is 1. The van der Waals surface area contributed by atoms with Crippen molar-refractivity contribution in [2.75, 3.05) is 39.6 Å². The van der Waals surface area contributed by atoms with E-state index in [0.717, 1.165) is 102 Å². The molecule has 2 unspecified atom stereocenters. The van der Waals surface area contributed by atoms with E-state index in [1.165, 1.54) is 135 Å². The maximum Gasteiger partial charge on any atom is 0.472 e. The fraction of sp³-hybridized carbons (Fsp3) is 0.938. The molecule has 0 aliphatic rings. The van der Waals surface area contributed by atoms with Gasteiger partial charge in [0.15, 0.2) is 12.2 Å². The molecule has 17 nitrogen and oxygen atoms in total. The van der Waals surface area contributed by atoms with Gasteiger partial charge < -0.3 is 33.8 Å². The second kappa shape index (κ2) is 57.5. The predicted octanol–water partition coefficient (Wildman–Crippen LogP) is 18.0.